The molecular weight excluding hydrogens is 266 g/mol. The van der Waals surface area contributed by atoms with Gasteiger partial charge >= 0.3 is 0 Å². The van der Waals surface area contributed by atoms with Gasteiger partial charge in [0.2, 0.25) is 5.91 Å². The van der Waals surface area contributed by atoms with Gasteiger partial charge in [0, 0.05) is 11.6 Å². The molecule has 0 radical (unpaired) electrons. The molecule has 1 aromatic rings. The number of fused-ring (bicyclic) bond motifs is 2. The summed E-state index contributed by atoms with van der Waals surface area (Å²) in [7, 11) is 0. The minimum Gasteiger partial charge on any atom is -0.390 e. The molecule has 21 heavy (non-hydrogen) atoms. The van der Waals surface area contributed by atoms with E-state index in [0.717, 1.165) is 18.5 Å². The molecule has 2 aliphatic carbocycles. The summed E-state index contributed by atoms with van der Waals surface area (Å²) >= 11 is 0. The predicted octanol–water partition coefficient (Wildman–Crippen LogP) is 1.78. The van der Waals surface area contributed by atoms with Gasteiger partial charge in [-0.2, -0.15) is 0 Å². The maximum atomic E-state index is 13.1. The number of carbonyl (C=O) groups excluding carboxylic acids is 1. The van der Waals surface area contributed by atoms with Crippen molar-refractivity contribution in [3.05, 3.63) is 30.3 Å². The van der Waals surface area contributed by atoms with Gasteiger partial charge in [0.25, 0.3) is 0 Å². The summed E-state index contributed by atoms with van der Waals surface area (Å²) < 4.78 is 6.37. The van der Waals surface area contributed by atoms with E-state index >= 15 is 0 Å². The van der Waals surface area contributed by atoms with Crippen molar-refractivity contribution in [2.24, 2.45) is 23.7 Å². The second kappa shape index (κ2) is 3.68. The number of hydrogen-bond acceptors (Lipinski definition) is 3. The molecule has 2 bridgehead atoms. The van der Waals surface area contributed by atoms with Gasteiger partial charge in [-0.3, -0.25) is 9.69 Å². The molecular formula is C17H19NO3. The molecule has 4 nitrogen and oxygen atoms in total. The average molecular weight is 285 g/mol. The van der Waals surface area contributed by atoms with Crippen LogP contribution in [0.15, 0.2) is 30.3 Å². The first-order chi connectivity index (χ1) is 10.2. The van der Waals surface area contributed by atoms with Gasteiger partial charge in [-0.1, -0.05) is 25.1 Å². The van der Waals surface area contributed by atoms with Crippen molar-refractivity contribution in [1.29, 1.82) is 0 Å². The van der Waals surface area contributed by atoms with E-state index in [1.165, 1.54) is 0 Å². The molecule has 2 saturated carbocycles. The smallest absolute Gasteiger partial charge is 0.233 e. The molecule has 4 aliphatic rings. The van der Waals surface area contributed by atoms with E-state index in [2.05, 4.69) is 6.92 Å². The topological polar surface area (TPSA) is 49.8 Å². The lowest BCUT2D eigenvalue weighted by Crippen LogP contribution is -2.50. The Morgan fingerprint density at radius 2 is 2.10 bits per heavy atom. The lowest BCUT2D eigenvalue weighted by atomic mass is 9.76. The van der Waals surface area contributed by atoms with Gasteiger partial charge < -0.3 is 9.84 Å². The van der Waals surface area contributed by atoms with E-state index in [9.17, 15) is 9.90 Å². The highest BCUT2D eigenvalue weighted by atomic mass is 16.6. The first-order valence-corrected chi connectivity index (χ1v) is 7.94. The number of aliphatic hydroxyl groups excluding tert-OH is 1. The number of rotatable bonds is 2. The number of hydrogen-bond donors (Lipinski definition) is 1. The molecule has 1 amide bonds. The lowest BCUT2D eigenvalue weighted by Gasteiger charge is -2.38. The third-order valence-corrected chi connectivity index (χ3v) is 6.32. The molecule has 0 spiro atoms. The summed E-state index contributed by atoms with van der Waals surface area (Å²) in [4.78, 5) is 15.0. The van der Waals surface area contributed by atoms with Gasteiger partial charge in [0.15, 0.2) is 5.72 Å². The number of benzene rings is 1. The average Bonchev–Trinajstić information content (AvgIpc) is 3.16. The van der Waals surface area contributed by atoms with Gasteiger partial charge in [-0.25, -0.2) is 0 Å². The Bertz CT molecular complexity index is 618. The van der Waals surface area contributed by atoms with Crippen molar-refractivity contribution < 1.29 is 14.6 Å². The van der Waals surface area contributed by atoms with Crippen molar-refractivity contribution >= 4 is 11.6 Å². The van der Waals surface area contributed by atoms with Gasteiger partial charge in [0.1, 0.15) is 0 Å². The van der Waals surface area contributed by atoms with Crippen LogP contribution in [0.3, 0.4) is 0 Å². The second-order valence-electron chi connectivity index (χ2n) is 6.90. The first kappa shape index (κ1) is 12.2. The highest BCUT2D eigenvalue weighted by molar-refractivity contribution is 6.00. The van der Waals surface area contributed by atoms with Gasteiger partial charge in [-0.15, -0.1) is 0 Å². The van der Waals surface area contributed by atoms with Crippen LogP contribution in [0.2, 0.25) is 0 Å². The molecule has 2 saturated heterocycles. The van der Waals surface area contributed by atoms with E-state index in [4.69, 9.17) is 4.74 Å². The number of para-hydroxylation sites is 1. The SMILES string of the molecule is CC[C@]12O[C@@H]3[C@H](O)[C@H]4C[C@H]3[C@@H]1[C@@H]4C(=O)N2c1ccccc1. The van der Waals surface area contributed by atoms with Crippen molar-refractivity contribution in [2.75, 3.05) is 4.90 Å². The summed E-state index contributed by atoms with van der Waals surface area (Å²) in [5.41, 5.74) is 0.387. The third kappa shape index (κ3) is 1.16. The van der Waals surface area contributed by atoms with E-state index in [0.29, 0.717) is 5.92 Å². The van der Waals surface area contributed by atoms with Gasteiger partial charge in [-0.05, 0) is 36.8 Å². The van der Waals surface area contributed by atoms with E-state index in [-0.39, 0.29) is 29.8 Å². The van der Waals surface area contributed by atoms with Crippen LogP contribution in [-0.4, -0.2) is 28.9 Å². The summed E-state index contributed by atoms with van der Waals surface area (Å²) in [6.07, 6.45) is 1.21. The lowest BCUT2D eigenvalue weighted by molar-refractivity contribution is -0.133. The van der Waals surface area contributed by atoms with Crippen LogP contribution in [0.4, 0.5) is 5.69 Å². The Labute approximate surface area is 123 Å². The molecule has 2 aliphatic heterocycles. The second-order valence-corrected chi connectivity index (χ2v) is 6.90. The Kier molecular flexibility index (Phi) is 2.13. The van der Waals surface area contributed by atoms with E-state index in [1.54, 1.807) is 0 Å². The zero-order chi connectivity index (χ0) is 14.4. The van der Waals surface area contributed by atoms with Crippen LogP contribution in [0, 0.1) is 23.7 Å². The number of ether oxygens (including phenoxy) is 1. The normalized spacial score (nSPS) is 49.4. The van der Waals surface area contributed by atoms with E-state index in [1.807, 2.05) is 35.2 Å². The van der Waals surface area contributed by atoms with Crippen LogP contribution in [0.25, 0.3) is 0 Å². The zero-order valence-corrected chi connectivity index (χ0v) is 12.0. The van der Waals surface area contributed by atoms with Crippen LogP contribution in [-0.2, 0) is 9.53 Å². The maximum Gasteiger partial charge on any atom is 0.233 e. The van der Waals surface area contributed by atoms with E-state index < -0.39 is 11.8 Å². The summed E-state index contributed by atoms with van der Waals surface area (Å²) in [5.74, 6) is 0.808. The number of aliphatic hydroxyl groups is 1. The Balaban J connectivity index is 1.69. The molecule has 0 aromatic heterocycles. The van der Waals surface area contributed by atoms with Crippen molar-refractivity contribution in [3.8, 4) is 0 Å². The molecule has 110 valence electrons. The fraction of sp³-hybridized carbons (Fsp3) is 0.588. The van der Waals surface area contributed by atoms with Crippen LogP contribution < -0.4 is 4.90 Å². The van der Waals surface area contributed by atoms with Crippen LogP contribution in [0.5, 0.6) is 0 Å². The van der Waals surface area contributed by atoms with Crippen molar-refractivity contribution in [2.45, 2.75) is 37.7 Å². The summed E-state index contributed by atoms with van der Waals surface area (Å²) in [6.45, 7) is 2.09. The van der Waals surface area contributed by atoms with Crippen molar-refractivity contribution in [3.63, 3.8) is 0 Å². The van der Waals surface area contributed by atoms with Crippen molar-refractivity contribution in [1.82, 2.24) is 0 Å². The maximum absolute atomic E-state index is 13.1. The molecule has 4 heteroatoms. The van der Waals surface area contributed by atoms with Crippen LogP contribution in [0.1, 0.15) is 19.8 Å². The fourth-order valence-corrected chi connectivity index (χ4v) is 5.69. The monoisotopic (exact) mass is 285 g/mol. The predicted molar refractivity (Wildman–Crippen MR) is 76.4 cm³/mol. The molecule has 1 aromatic carbocycles. The molecule has 5 rings (SSSR count). The van der Waals surface area contributed by atoms with Gasteiger partial charge in [0.05, 0.1) is 18.1 Å². The fourth-order valence-electron chi connectivity index (χ4n) is 5.69. The molecule has 7 atom stereocenters. The number of amides is 1. The quantitative estimate of drug-likeness (QED) is 0.901. The number of nitrogens with zero attached hydrogens (tertiary/aromatic N) is 1. The number of anilines is 1. The molecule has 4 fully saturated rings. The Hall–Kier alpha value is -1.39. The minimum absolute atomic E-state index is 0.0519. The zero-order valence-electron chi connectivity index (χ0n) is 12.0. The number of carbonyl (C=O) groups is 1. The standard InChI is InChI=1S/C17H19NO3/c1-2-17-13-11-8-10(14(19)15(11)21-17)12(13)16(20)18(17)9-6-4-3-5-7-9/h3-7,10-15,19H,2,8H2,1H3/t10-,11-,12+,13+,14+,15-,17-/m0/s1. The Morgan fingerprint density at radius 3 is 2.81 bits per heavy atom. The van der Waals surface area contributed by atoms with Crippen LogP contribution >= 0.6 is 0 Å². The first-order valence-electron chi connectivity index (χ1n) is 7.94. The third-order valence-electron chi connectivity index (χ3n) is 6.32. The Morgan fingerprint density at radius 1 is 1.33 bits per heavy atom. The largest absolute Gasteiger partial charge is 0.390 e. The molecule has 2 heterocycles. The molecule has 1 N–H and O–H groups in total. The summed E-state index contributed by atoms with van der Waals surface area (Å²) in [5, 5.41) is 10.4. The highest BCUT2D eigenvalue weighted by Gasteiger charge is 2.77. The highest BCUT2D eigenvalue weighted by Crippen LogP contribution is 2.68. The molecule has 0 unspecified atom stereocenters. The minimum atomic E-state index is -0.537. The summed E-state index contributed by atoms with van der Waals surface area (Å²) in [6, 6.07) is 9.84.